The number of rotatable bonds is 10. The van der Waals surface area contributed by atoms with Gasteiger partial charge in [-0.2, -0.15) is 0 Å². The van der Waals surface area contributed by atoms with Crippen LogP contribution in [0.3, 0.4) is 0 Å². The third-order valence-electron chi connectivity index (χ3n) is 4.31. The summed E-state index contributed by atoms with van der Waals surface area (Å²) in [6, 6.07) is 13.5. The lowest BCUT2D eigenvalue weighted by atomic mass is 10.1. The normalized spacial score (nSPS) is 10.5. The first-order valence-electron chi connectivity index (χ1n) is 9.37. The zero-order valence-electron chi connectivity index (χ0n) is 17.1. The third-order valence-corrected chi connectivity index (χ3v) is 6.17. The summed E-state index contributed by atoms with van der Waals surface area (Å²) < 4.78 is 15.8. The standard InChI is InChI=1S/C22H24N2O4S2/c1-26-15-6-9-17(10-7-15)29-12-4-5-21(25)24-22-23-19(14-30-22)18-11-8-16(27-2)13-20(18)28-3/h6-11,13-14H,4-5,12H2,1-3H3,(H,23,24,25). The summed E-state index contributed by atoms with van der Waals surface area (Å²) in [7, 11) is 4.87. The molecule has 0 spiro atoms. The highest BCUT2D eigenvalue weighted by Crippen LogP contribution is 2.34. The van der Waals surface area contributed by atoms with Crippen molar-refractivity contribution < 1.29 is 19.0 Å². The van der Waals surface area contributed by atoms with Gasteiger partial charge in [0.15, 0.2) is 5.13 Å². The van der Waals surface area contributed by atoms with E-state index >= 15 is 0 Å². The van der Waals surface area contributed by atoms with E-state index in [0.29, 0.717) is 23.1 Å². The van der Waals surface area contributed by atoms with Crippen molar-refractivity contribution in [2.75, 3.05) is 32.4 Å². The molecule has 0 saturated carbocycles. The predicted octanol–water partition coefficient (Wildman–Crippen LogP) is 5.35. The topological polar surface area (TPSA) is 69.7 Å². The molecule has 158 valence electrons. The Labute approximate surface area is 184 Å². The van der Waals surface area contributed by atoms with E-state index in [2.05, 4.69) is 10.3 Å². The maximum absolute atomic E-state index is 12.2. The van der Waals surface area contributed by atoms with Gasteiger partial charge in [0.05, 0.1) is 27.0 Å². The summed E-state index contributed by atoms with van der Waals surface area (Å²) in [6.45, 7) is 0. The summed E-state index contributed by atoms with van der Waals surface area (Å²) in [4.78, 5) is 17.9. The Hall–Kier alpha value is -2.71. The van der Waals surface area contributed by atoms with Crippen molar-refractivity contribution >= 4 is 34.1 Å². The van der Waals surface area contributed by atoms with Crippen LogP contribution >= 0.6 is 23.1 Å². The molecule has 1 aromatic heterocycles. The molecule has 0 bridgehead atoms. The van der Waals surface area contributed by atoms with Crippen LogP contribution in [0, 0.1) is 0 Å². The van der Waals surface area contributed by atoms with Crippen LogP contribution in [0.15, 0.2) is 52.7 Å². The smallest absolute Gasteiger partial charge is 0.226 e. The highest BCUT2D eigenvalue weighted by Gasteiger charge is 2.12. The Bertz CT molecular complexity index is 974. The lowest BCUT2D eigenvalue weighted by Crippen LogP contribution is -2.11. The highest BCUT2D eigenvalue weighted by atomic mass is 32.2. The molecule has 6 nitrogen and oxygen atoms in total. The van der Waals surface area contributed by atoms with Crippen LogP contribution in [-0.2, 0) is 4.79 Å². The molecule has 1 N–H and O–H groups in total. The first-order valence-corrected chi connectivity index (χ1v) is 11.2. The van der Waals surface area contributed by atoms with Crippen LogP contribution < -0.4 is 19.5 Å². The number of nitrogens with one attached hydrogen (secondary N) is 1. The van der Waals surface area contributed by atoms with Gasteiger partial charge in [-0.15, -0.1) is 23.1 Å². The maximum atomic E-state index is 12.2. The minimum atomic E-state index is -0.0343. The van der Waals surface area contributed by atoms with E-state index in [9.17, 15) is 4.79 Å². The van der Waals surface area contributed by atoms with E-state index < -0.39 is 0 Å². The number of anilines is 1. The second-order valence-corrected chi connectivity index (χ2v) is 8.31. The molecule has 3 rings (SSSR count). The molecule has 0 aliphatic heterocycles. The molecule has 3 aromatic rings. The van der Waals surface area contributed by atoms with Gasteiger partial charge in [-0.1, -0.05) is 0 Å². The molecule has 0 unspecified atom stereocenters. The monoisotopic (exact) mass is 444 g/mol. The van der Waals surface area contributed by atoms with Crippen LogP contribution in [0.1, 0.15) is 12.8 Å². The molecule has 0 radical (unpaired) electrons. The number of thioether (sulfide) groups is 1. The zero-order chi connectivity index (χ0) is 21.3. The summed E-state index contributed by atoms with van der Waals surface area (Å²) in [5, 5.41) is 5.36. The number of carbonyl (C=O) groups excluding carboxylic acids is 1. The number of hydrogen-bond donors (Lipinski definition) is 1. The Morgan fingerprint density at radius 3 is 2.47 bits per heavy atom. The molecule has 0 aliphatic carbocycles. The number of thiazole rings is 1. The number of benzene rings is 2. The van der Waals surface area contributed by atoms with Crippen LogP contribution in [0.25, 0.3) is 11.3 Å². The van der Waals surface area contributed by atoms with Gasteiger partial charge in [0.25, 0.3) is 0 Å². The van der Waals surface area contributed by atoms with Crippen LogP contribution in [-0.4, -0.2) is 38.0 Å². The van der Waals surface area contributed by atoms with Crippen molar-refractivity contribution in [2.45, 2.75) is 17.7 Å². The summed E-state index contributed by atoms with van der Waals surface area (Å²) in [5.41, 5.74) is 1.61. The Morgan fingerprint density at radius 1 is 1.03 bits per heavy atom. The minimum Gasteiger partial charge on any atom is -0.497 e. The molecule has 8 heteroatoms. The largest absolute Gasteiger partial charge is 0.497 e. The molecule has 2 aromatic carbocycles. The van der Waals surface area contributed by atoms with Crippen molar-refractivity contribution in [1.82, 2.24) is 4.98 Å². The average Bonchev–Trinajstić information content (AvgIpc) is 3.24. The van der Waals surface area contributed by atoms with Gasteiger partial charge < -0.3 is 19.5 Å². The van der Waals surface area contributed by atoms with E-state index in [4.69, 9.17) is 14.2 Å². The van der Waals surface area contributed by atoms with Gasteiger partial charge in [0, 0.05) is 28.3 Å². The molecule has 0 fully saturated rings. The quantitative estimate of drug-likeness (QED) is 0.336. The van der Waals surface area contributed by atoms with Crippen LogP contribution in [0.5, 0.6) is 17.2 Å². The second-order valence-electron chi connectivity index (χ2n) is 6.28. The molecule has 30 heavy (non-hydrogen) atoms. The predicted molar refractivity (Wildman–Crippen MR) is 122 cm³/mol. The number of nitrogens with zero attached hydrogens (tertiary/aromatic N) is 1. The molecular formula is C22H24N2O4S2. The van der Waals surface area contributed by atoms with E-state index in [1.165, 1.54) is 11.3 Å². The Morgan fingerprint density at radius 2 is 1.77 bits per heavy atom. The van der Waals surface area contributed by atoms with E-state index in [1.807, 2.05) is 47.8 Å². The molecule has 0 saturated heterocycles. The number of aromatic nitrogens is 1. The Balaban J connectivity index is 1.49. The lowest BCUT2D eigenvalue weighted by Gasteiger charge is -2.08. The summed E-state index contributed by atoms with van der Waals surface area (Å²) in [6.07, 6.45) is 1.23. The second kappa shape index (κ2) is 10.9. The number of carbonyl (C=O) groups is 1. The fourth-order valence-corrected chi connectivity index (χ4v) is 4.32. The molecule has 1 amide bonds. The number of ether oxygens (including phenoxy) is 3. The number of hydrogen-bond acceptors (Lipinski definition) is 7. The van der Waals surface area contributed by atoms with Gasteiger partial charge in [-0.25, -0.2) is 4.98 Å². The fraction of sp³-hybridized carbons (Fsp3) is 0.273. The van der Waals surface area contributed by atoms with E-state index in [0.717, 1.165) is 34.1 Å². The fourth-order valence-electron chi connectivity index (χ4n) is 2.74. The van der Waals surface area contributed by atoms with Crippen molar-refractivity contribution in [1.29, 1.82) is 0 Å². The third kappa shape index (κ3) is 5.90. The van der Waals surface area contributed by atoms with Gasteiger partial charge >= 0.3 is 0 Å². The first kappa shape index (κ1) is 22.0. The van der Waals surface area contributed by atoms with Crippen molar-refractivity contribution in [2.24, 2.45) is 0 Å². The molecule has 0 aliphatic rings. The van der Waals surface area contributed by atoms with Crippen LogP contribution in [0.2, 0.25) is 0 Å². The van der Waals surface area contributed by atoms with Gasteiger partial charge in [0.1, 0.15) is 17.2 Å². The minimum absolute atomic E-state index is 0.0343. The molecule has 1 heterocycles. The number of amides is 1. The highest BCUT2D eigenvalue weighted by molar-refractivity contribution is 7.99. The van der Waals surface area contributed by atoms with E-state index in [-0.39, 0.29) is 5.91 Å². The molecular weight excluding hydrogens is 420 g/mol. The summed E-state index contributed by atoms with van der Waals surface area (Å²) >= 11 is 3.12. The molecule has 0 atom stereocenters. The first-order chi connectivity index (χ1) is 14.6. The Kier molecular flexibility index (Phi) is 7.98. The SMILES string of the molecule is COc1ccc(SCCCC(=O)Nc2nc(-c3ccc(OC)cc3OC)cs2)cc1. The van der Waals surface area contributed by atoms with Crippen molar-refractivity contribution in [3.8, 4) is 28.5 Å². The van der Waals surface area contributed by atoms with Gasteiger partial charge in [0.2, 0.25) is 5.91 Å². The lowest BCUT2D eigenvalue weighted by molar-refractivity contribution is -0.116. The number of methoxy groups -OCH3 is 3. The van der Waals surface area contributed by atoms with Gasteiger partial charge in [-0.05, 0) is 48.6 Å². The van der Waals surface area contributed by atoms with Crippen molar-refractivity contribution in [3.63, 3.8) is 0 Å². The summed E-state index contributed by atoms with van der Waals surface area (Å²) in [5.74, 6) is 3.06. The van der Waals surface area contributed by atoms with Crippen LogP contribution in [0.4, 0.5) is 5.13 Å². The van der Waals surface area contributed by atoms with Gasteiger partial charge in [-0.3, -0.25) is 4.79 Å². The van der Waals surface area contributed by atoms with E-state index in [1.54, 1.807) is 33.1 Å². The average molecular weight is 445 g/mol. The van der Waals surface area contributed by atoms with Crippen molar-refractivity contribution in [3.05, 3.63) is 47.8 Å². The zero-order valence-corrected chi connectivity index (χ0v) is 18.8. The maximum Gasteiger partial charge on any atom is 0.226 e.